The summed E-state index contributed by atoms with van der Waals surface area (Å²) >= 11 is 3.40. The Morgan fingerprint density at radius 3 is 2.83 bits per heavy atom. The number of nitrogen functional groups attached to an aromatic ring is 1. The van der Waals surface area contributed by atoms with Gasteiger partial charge >= 0.3 is 0 Å². The molecule has 18 heavy (non-hydrogen) atoms. The van der Waals surface area contributed by atoms with E-state index in [1.54, 1.807) is 23.1 Å². The van der Waals surface area contributed by atoms with E-state index in [1.807, 2.05) is 17.0 Å². The smallest absolute Gasteiger partial charge is 0.222 e. The van der Waals surface area contributed by atoms with Crippen molar-refractivity contribution in [2.75, 3.05) is 11.5 Å². The van der Waals surface area contributed by atoms with Gasteiger partial charge in [0.15, 0.2) is 5.16 Å². The third-order valence-electron chi connectivity index (χ3n) is 2.61. The number of nitrogens with zero attached hydrogens (tertiary/aromatic N) is 4. The van der Waals surface area contributed by atoms with Gasteiger partial charge in [-0.1, -0.05) is 11.8 Å². The third kappa shape index (κ3) is 2.84. The van der Waals surface area contributed by atoms with E-state index in [9.17, 15) is 0 Å². The zero-order valence-corrected chi connectivity index (χ0v) is 12.4. The fourth-order valence-corrected chi connectivity index (χ4v) is 3.61. The van der Waals surface area contributed by atoms with Crippen LogP contribution in [-0.2, 0) is 6.42 Å². The lowest BCUT2D eigenvalue weighted by Gasteiger charge is -2.10. The van der Waals surface area contributed by atoms with Crippen molar-refractivity contribution in [2.24, 2.45) is 0 Å². The molecule has 5 nitrogen and oxygen atoms in total. The molecule has 2 aromatic heterocycles. The molecule has 2 N–H and O–H groups in total. The number of nitrogens with two attached hydrogens (primary N) is 1. The highest BCUT2D eigenvalue weighted by molar-refractivity contribution is 7.99. The van der Waals surface area contributed by atoms with Gasteiger partial charge in [-0.15, -0.1) is 21.5 Å². The lowest BCUT2D eigenvalue weighted by molar-refractivity contribution is 0.557. The molecule has 0 aliphatic carbocycles. The summed E-state index contributed by atoms with van der Waals surface area (Å²) in [4.78, 5) is 5.59. The molecule has 0 unspecified atom stereocenters. The molecule has 7 heteroatoms. The van der Waals surface area contributed by atoms with Crippen LogP contribution in [-0.4, -0.2) is 25.5 Å². The number of aromatic nitrogens is 4. The Kier molecular flexibility index (Phi) is 4.23. The van der Waals surface area contributed by atoms with Crippen LogP contribution in [0, 0.1) is 6.92 Å². The summed E-state index contributed by atoms with van der Waals surface area (Å²) in [6.07, 6.45) is 1.01. The largest absolute Gasteiger partial charge is 0.368 e. The van der Waals surface area contributed by atoms with Crippen molar-refractivity contribution in [1.29, 1.82) is 0 Å². The van der Waals surface area contributed by atoms with Gasteiger partial charge in [0.05, 0.1) is 11.2 Å². The van der Waals surface area contributed by atoms with Crippen molar-refractivity contribution in [3.05, 3.63) is 16.1 Å². The fourth-order valence-electron chi connectivity index (χ4n) is 1.67. The highest BCUT2D eigenvalue weighted by Gasteiger charge is 2.13. The van der Waals surface area contributed by atoms with Crippen LogP contribution in [0.1, 0.15) is 30.5 Å². The van der Waals surface area contributed by atoms with E-state index in [0.29, 0.717) is 5.95 Å². The molecule has 2 aromatic rings. The van der Waals surface area contributed by atoms with Gasteiger partial charge in [0.2, 0.25) is 5.95 Å². The molecule has 0 aliphatic heterocycles. The van der Waals surface area contributed by atoms with Crippen LogP contribution in [0.4, 0.5) is 5.95 Å². The minimum atomic E-state index is 0.285. The van der Waals surface area contributed by atoms with Gasteiger partial charge in [-0.25, -0.2) is 4.98 Å². The molecule has 0 fully saturated rings. The van der Waals surface area contributed by atoms with Crippen molar-refractivity contribution in [2.45, 2.75) is 38.4 Å². The summed E-state index contributed by atoms with van der Waals surface area (Å²) in [7, 11) is 0. The molecule has 0 atom stereocenters. The van der Waals surface area contributed by atoms with Gasteiger partial charge < -0.3 is 5.73 Å². The van der Waals surface area contributed by atoms with Crippen molar-refractivity contribution >= 4 is 29.0 Å². The minimum Gasteiger partial charge on any atom is -0.368 e. The van der Waals surface area contributed by atoms with Crippen molar-refractivity contribution in [3.8, 4) is 0 Å². The maximum atomic E-state index is 5.80. The van der Waals surface area contributed by atoms with E-state index < -0.39 is 0 Å². The Bertz CT molecular complexity index is 517. The highest BCUT2D eigenvalue weighted by atomic mass is 32.2. The summed E-state index contributed by atoms with van der Waals surface area (Å²) in [5.74, 6) is 1.45. The second-order valence-electron chi connectivity index (χ2n) is 4.26. The fraction of sp³-hybridized carbons (Fsp3) is 0.545. The summed E-state index contributed by atoms with van der Waals surface area (Å²) < 4.78 is 1.96. The number of anilines is 1. The van der Waals surface area contributed by atoms with Crippen LogP contribution >= 0.6 is 23.1 Å². The zero-order chi connectivity index (χ0) is 13.1. The van der Waals surface area contributed by atoms with Crippen molar-refractivity contribution < 1.29 is 0 Å². The molecule has 0 saturated heterocycles. The van der Waals surface area contributed by atoms with Crippen molar-refractivity contribution in [1.82, 2.24) is 19.7 Å². The maximum absolute atomic E-state index is 5.80. The monoisotopic (exact) mass is 283 g/mol. The first-order chi connectivity index (χ1) is 8.59. The number of thiazole rings is 1. The standard InChI is InChI=1S/C11H17N5S2/c1-7(2)16-10(12)14-15-11(16)17-5-4-9-8(3)13-6-18-9/h6-7H,4-5H2,1-3H3,(H2,12,14). The van der Waals surface area contributed by atoms with Crippen molar-refractivity contribution in [3.63, 3.8) is 0 Å². The van der Waals surface area contributed by atoms with Gasteiger partial charge in [0.1, 0.15) is 0 Å². The second kappa shape index (κ2) is 5.71. The van der Waals surface area contributed by atoms with E-state index in [4.69, 9.17) is 5.73 Å². The lowest BCUT2D eigenvalue weighted by atomic mass is 10.3. The first-order valence-corrected chi connectivity index (χ1v) is 7.68. The van der Waals surface area contributed by atoms with Gasteiger partial charge in [0.25, 0.3) is 0 Å². The van der Waals surface area contributed by atoms with Gasteiger partial charge in [-0.3, -0.25) is 4.57 Å². The van der Waals surface area contributed by atoms with E-state index >= 15 is 0 Å². The molecule has 0 saturated carbocycles. The predicted octanol–water partition coefficient (Wildman–Crippen LogP) is 2.54. The maximum Gasteiger partial charge on any atom is 0.222 e. The zero-order valence-electron chi connectivity index (χ0n) is 10.8. The summed E-state index contributed by atoms with van der Waals surface area (Å²) in [6.45, 7) is 6.21. The normalized spacial score (nSPS) is 11.3. The molecule has 0 amide bonds. The lowest BCUT2D eigenvalue weighted by Crippen LogP contribution is -2.07. The third-order valence-corrected chi connectivity index (χ3v) is 4.55. The van der Waals surface area contributed by atoms with E-state index in [1.165, 1.54) is 4.88 Å². The van der Waals surface area contributed by atoms with Crippen LogP contribution < -0.4 is 5.73 Å². The Hall–Kier alpha value is -1.08. The number of hydrogen-bond acceptors (Lipinski definition) is 6. The molecule has 0 aliphatic rings. The quantitative estimate of drug-likeness (QED) is 0.854. The molecule has 0 aromatic carbocycles. The predicted molar refractivity (Wildman–Crippen MR) is 76.1 cm³/mol. The first-order valence-electron chi connectivity index (χ1n) is 5.81. The Balaban J connectivity index is 1.97. The molecule has 0 spiro atoms. The molecule has 98 valence electrons. The average molecular weight is 283 g/mol. The number of thioether (sulfide) groups is 1. The van der Waals surface area contributed by atoms with Crippen LogP contribution in [0.25, 0.3) is 0 Å². The Morgan fingerprint density at radius 1 is 1.44 bits per heavy atom. The molecule has 2 heterocycles. The van der Waals surface area contributed by atoms with Gasteiger partial charge in [-0.2, -0.15) is 0 Å². The molecule has 0 radical (unpaired) electrons. The SMILES string of the molecule is Cc1ncsc1CCSc1nnc(N)n1C(C)C. The molecule has 0 bridgehead atoms. The topological polar surface area (TPSA) is 69.6 Å². The average Bonchev–Trinajstić information content (AvgIpc) is 2.86. The summed E-state index contributed by atoms with van der Waals surface area (Å²) in [5.41, 5.74) is 8.82. The second-order valence-corrected chi connectivity index (χ2v) is 6.27. The Labute approximate surface area is 115 Å². The first kappa shape index (κ1) is 13.4. The highest BCUT2D eigenvalue weighted by Crippen LogP contribution is 2.24. The van der Waals surface area contributed by atoms with E-state index in [-0.39, 0.29) is 6.04 Å². The number of aryl methyl sites for hydroxylation is 2. The molecular formula is C11H17N5S2. The van der Waals surface area contributed by atoms with Gasteiger partial charge in [-0.05, 0) is 27.2 Å². The minimum absolute atomic E-state index is 0.285. The van der Waals surface area contributed by atoms with Crippen LogP contribution in [0.5, 0.6) is 0 Å². The number of rotatable bonds is 5. The van der Waals surface area contributed by atoms with Gasteiger partial charge in [0, 0.05) is 16.7 Å². The van der Waals surface area contributed by atoms with Crippen LogP contribution in [0.3, 0.4) is 0 Å². The number of hydrogen-bond donors (Lipinski definition) is 1. The van der Waals surface area contributed by atoms with Crippen LogP contribution in [0.15, 0.2) is 10.7 Å². The molecule has 2 rings (SSSR count). The van der Waals surface area contributed by atoms with Crippen LogP contribution in [0.2, 0.25) is 0 Å². The summed E-state index contributed by atoms with van der Waals surface area (Å²) in [5, 5.41) is 8.94. The van der Waals surface area contributed by atoms with E-state index in [2.05, 4.69) is 29.0 Å². The van der Waals surface area contributed by atoms with E-state index in [0.717, 1.165) is 23.0 Å². The Morgan fingerprint density at radius 2 is 2.22 bits per heavy atom. The summed E-state index contributed by atoms with van der Waals surface area (Å²) in [6, 6.07) is 0.285. The molecular weight excluding hydrogens is 266 g/mol.